The first-order valence-electron chi connectivity index (χ1n) is 9.56. The Balaban J connectivity index is 1.65. The average Bonchev–Trinajstić information content (AvgIpc) is 2.71. The molecule has 29 heavy (non-hydrogen) atoms. The van der Waals surface area contributed by atoms with Gasteiger partial charge in [0, 0.05) is 22.6 Å². The van der Waals surface area contributed by atoms with E-state index in [-0.39, 0.29) is 17.8 Å². The van der Waals surface area contributed by atoms with Gasteiger partial charge in [-0.1, -0.05) is 13.8 Å². The molecule has 3 aliphatic heterocycles. The van der Waals surface area contributed by atoms with Crippen LogP contribution in [0.25, 0.3) is 0 Å². The molecule has 3 aliphatic rings. The first-order valence-corrected chi connectivity index (χ1v) is 9.56. The number of fused-ring (bicyclic) bond motifs is 6. The van der Waals surface area contributed by atoms with Gasteiger partial charge in [0.15, 0.2) is 17.3 Å². The van der Waals surface area contributed by atoms with E-state index in [0.29, 0.717) is 34.3 Å². The molecule has 5 rings (SSSR count). The summed E-state index contributed by atoms with van der Waals surface area (Å²) in [6, 6.07) is 7.21. The Morgan fingerprint density at radius 2 is 1.83 bits per heavy atom. The van der Waals surface area contributed by atoms with Crippen LogP contribution in [0.1, 0.15) is 41.3 Å². The van der Waals surface area contributed by atoms with Crippen LogP contribution in [-0.4, -0.2) is 32.7 Å². The van der Waals surface area contributed by atoms with Gasteiger partial charge < -0.3 is 23.7 Å². The summed E-state index contributed by atoms with van der Waals surface area (Å²) in [4.78, 5) is 13.6. The van der Waals surface area contributed by atoms with E-state index in [9.17, 15) is 4.79 Å². The molecule has 0 fully saturated rings. The summed E-state index contributed by atoms with van der Waals surface area (Å²) in [5.74, 6) is 2.59. The SMILES string of the molecule is COc1cc2c(cc1OC)C1C(=O)c3ccc4c(c3OC1CO2)C(C)(C)C=CO4. The molecule has 2 aromatic rings. The third-order valence-corrected chi connectivity index (χ3v) is 5.89. The van der Waals surface area contributed by atoms with Crippen molar-refractivity contribution >= 4 is 5.78 Å². The van der Waals surface area contributed by atoms with Gasteiger partial charge in [-0.25, -0.2) is 0 Å². The van der Waals surface area contributed by atoms with Crippen LogP contribution >= 0.6 is 0 Å². The maximum absolute atomic E-state index is 13.6. The zero-order chi connectivity index (χ0) is 20.3. The molecule has 0 N–H and O–H groups in total. The van der Waals surface area contributed by atoms with Crippen LogP contribution in [0.15, 0.2) is 36.6 Å². The summed E-state index contributed by atoms with van der Waals surface area (Å²) in [7, 11) is 3.14. The minimum Gasteiger partial charge on any atom is -0.493 e. The Kier molecular flexibility index (Phi) is 3.81. The van der Waals surface area contributed by atoms with Gasteiger partial charge >= 0.3 is 0 Å². The monoisotopic (exact) mass is 394 g/mol. The number of hydrogen-bond donors (Lipinski definition) is 0. The molecule has 0 saturated heterocycles. The molecule has 3 heterocycles. The standard InChI is InChI=1S/C23H22O6/c1-23(2)7-8-27-14-6-5-12-21(24)19-13-9-16(25-3)17(26-4)10-15(13)28-11-18(19)29-22(12)20(14)23/h5-10,18-19H,11H2,1-4H3. The van der Waals surface area contributed by atoms with Crippen molar-refractivity contribution < 1.29 is 28.5 Å². The van der Waals surface area contributed by atoms with Crippen LogP contribution < -0.4 is 23.7 Å². The number of methoxy groups -OCH3 is 2. The molecule has 0 aromatic heterocycles. The van der Waals surface area contributed by atoms with Gasteiger partial charge in [0.25, 0.3) is 0 Å². The van der Waals surface area contributed by atoms with Crippen LogP contribution in [0, 0.1) is 0 Å². The second-order valence-electron chi connectivity index (χ2n) is 8.01. The number of Topliss-reactive ketones (excluding diaryl/α,β-unsaturated/α-hetero) is 1. The molecule has 6 heteroatoms. The minimum atomic E-state index is -0.465. The fourth-order valence-electron chi connectivity index (χ4n) is 4.39. The summed E-state index contributed by atoms with van der Waals surface area (Å²) in [5, 5.41) is 0. The number of ketones is 1. The highest BCUT2D eigenvalue weighted by Crippen LogP contribution is 2.51. The topological polar surface area (TPSA) is 63.2 Å². The zero-order valence-corrected chi connectivity index (χ0v) is 16.8. The Bertz CT molecular complexity index is 1050. The van der Waals surface area contributed by atoms with Crippen molar-refractivity contribution in [3.8, 4) is 28.7 Å². The van der Waals surface area contributed by atoms with Crippen molar-refractivity contribution in [3.05, 3.63) is 53.3 Å². The quantitative estimate of drug-likeness (QED) is 0.767. The number of allylic oxidation sites excluding steroid dienone is 1. The van der Waals surface area contributed by atoms with E-state index in [1.165, 1.54) is 0 Å². The third kappa shape index (κ3) is 2.51. The molecule has 150 valence electrons. The highest BCUT2D eigenvalue weighted by Gasteiger charge is 2.46. The predicted molar refractivity (Wildman–Crippen MR) is 106 cm³/mol. The van der Waals surface area contributed by atoms with Gasteiger partial charge in [0.05, 0.1) is 32.0 Å². The Morgan fingerprint density at radius 3 is 2.59 bits per heavy atom. The highest BCUT2D eigenvalue weighted by atomic mass is 16.5. The number of benzene rings is 2. The van der Waals surface area contributed by atoms with E-state index in [4.69, 9.17) is 23.7 Å². The largest absolute Gasteiger partial charge is 0.493 e. The first-order chi connectivity index (χ1) is 13.9. The van der Waals surface area contributed by atoms with E-state index in [1.54, 1.807) is 32.6 Å². The van der Waals surface area contributed by atoms with Gasteiger partial charge in [-0.3, -0.25) is 4.79 Å². The predicted octanol–water partition coefficient (Wildman–Crippen LogP) is 4.01. The van der Waals surface area contributed by atoms with Crippen LogP contribution in [0.5, 0.6) is 28.7 Å². The molecule has 2 unspecified atom stereocenters. The Hall–Kier alpha value is -3.15. The molecule has 0 amide bonds. The first kappa shape index (κ1) is 17.9. The number of hydrogen-bond acceptors (Lipinski definition) is 6. The number of rotatable bonds is 2. The summed E-state index contributed by atoms with van der Waals surface area (Å²) in [5.41, 5.74) is 1.90. The Labute approximate surface area is 169 Å². The molecule has 0 spiro atoms. The van der Waals surface area contributed by atoms with Gasteiger partial charge in [0.2, 0.25) is 0 Å². The molecule has 0 aliphatic carbocycles. The lowest BCUT2D eigenvalue weighted by Gasteiger charge is -2.40. The summed E-state index contributed by atoms with van der Waals surface area (Å²) in [6.45, 7) is 4.43. The van der Waals surface area contributed by atoms with Gasteiger partial charge in [0.1, 0.15) is 30.0 Å². The molecular formula is C23H22O6. The molecule has 0 saturated carbocycles. The van der Waals surface area contributed by atoms with E-state index in [2.05, 4.69) is 13.8 Å². The minimum absolute atomic E-state index is 0.0150. The number of carbonyl (C=O) groups excluding carboxylic acids is 1. The van der Waals surface area contributed by atoms with Crippen molar-refractivity contribution in [3.63, 3.8) is 0 Å². The Morgan fingerprint density at radius 1 is 1.07 bits per heavy atom. The molecular weight excluding hydrogens is 372 g/mol. The van der Waals surface area contributed by atoms with E-state index in [0.717, 1.165) is 11.1 Å². The normalized spacial score (nSPS) is 22.7. The second-order valence-corrected chi connectivity index (χ2v) is 8.01. The van der Waals surface area contributed by atoms with Crippen LogP contribution in [-0.2, 0) is 5.41 Å². The molecule has 0 bridgehead atoms. The maximum Gasteiger partial charge on any atom is 0.178 e. The van der Waals surface area contributed by atoms with Crippen molar-refractivity contribution in [2.24, 2.45) is 0 Å². The van der Waals surface area contributed by atoms with Crippen molar-refractivity contribution in [2.45, 2.75) is 31.3 Å². The van der Waals surface area contributed by atoms with Crippen molar-refractivity contribution in [2.75, 3.05) is 20.8 Å². The average molecular weight is 394 g/mol. The van der Waals surface area contributed by atoms with Crippen molar-refractivity contribution in [1.82, 2.24) is 0 Å². The number of carbonyl (C=O) groups is 1. The lowest BCUT2D eigenvalue weighted by atomic mass is 9.77. The lowest BCUT2D eigenvalue weighted by Crippen LogP contribution is -2.43. The lowest BCUT2D eigenvalue weighted by molar-refractivity contribution is 0.0548. The smallest absolute Gasteiger partial charge is 0.178 e. The van der Waals surface area contributed by atoms with Crippen LogP contribution in [0.2, 0.25) is 0 Å². The highest BCUT2D eigenvalue weighted by molar-refractivity contribution is 6.06. The fourth-order valence-corrected chi connectivity index (χ4v) is 4.39. The second kappa shape index (κ2) is 6.17. The van der Waals surface area contributed by atoms with E-state index < -0.39 is 12.0 Å². The summed E-state index contributed by atoms with van der Waals surface area (Å²) in [6.07, 6.45) is 3.23. The van der Waals surface area contributed by atoms with Gasteiger partial charge in [-0.2, -0.15) is 0 Å². The molecule has 6 nitrogen and oxygen atoms in total. The van der Waals surface area contributed by atoms with Gasteiger partial charge in [-0.15, -0.1) is 0 Å². The number of ether oxygens (including phenoxy) is 5. The zero-order valence-electron chi connectivity index (χ0n) is 16.8. The van der Waals surface area contributed by atoms with Gasteiger partial charge in [-0.05, 0) is 24.3 Å². The fraction of sp³-hybridized carbons (Fsp3) is 0.348. The summed E-state index contributed by atoms with van der Waals surface area (Å²) < 4.78 is 28.8. The third-order valence-electron chi connectivity index (χ3n) is 5.89. The van der Waals surface area contributed by atoms with Crippen LogP contribution in [0.3, 0.4) is 0 Å². The molecule has 0 radical (unpaired) electrons. The van der Waals surface area contributed by atoms with Crippen molar-refractivity contribution in [1.29, 1.82) is 0 Å². The van der Waals surface area contributed by atoms with Crippen LogP contribution in [0.4, 0.5) is 0 Å². The maximum atomic E-state index is 13.6. The van der Waals surface area contributed by atoms with E-state index in [1.807, 2.05) is 18.2 Å². The summed E-state index contributed by atoms with van der Waals surface area (Å²) >= 11 is 0. The molecule has 2 atom stereocenters. The molecule has 2 aromatic carbocycles. The van der Waals surface area contributed by atoms with E-state index >= 15 is 0 Å².